The fourth-order valence-corrected chi connectivity index (χ4v) is 1.68. The largest absolute Gasteiger partial charge is 0.366 e. The van der Waals surface area contributed by atoms with Gasteiger partial charge in [-0.3, -0.25) is 0 Å². The molecule has 106 valence electrons. The molecule has 0 aliphatic heterocycles. The molecule has 5 heteroatoms. The van der Waals surface area contributed by atoms with Gasteiger partial charge in [0.2, 0.25) is 5.95 Å². The zero-order chi connectivity index (χ0) is 14.4. The van der Waals surface area contributed by atoms with Crippen molar-refractivity contribution in [2.75, 3.05) is 10.6 Å². The summed E-state index contributed by atoms with van der Waals surface area (Å²) in [4.78, 5) is 8.51. The van der Waals surface area contributed by atoms with E-state index in [0.717, 1.165) is 6.42 Å². The lowest BCUT2D eigenvalue weighted by Gasteiger charge is -2.12. The first-order valence-electron chi connectivity index (χ1n) is 6.76. The highest BCUT2D eigenvalue weighted by Gasteiger charge is 2.04. The van der Waals surface area contributed by atoms with Crippen LogP contribution < -0.4 is 10.6 Å². The second-order valence-electron chi connectivity index (χ2n) is 4.66. The maximum absolute atomic E-state index is 13.5. The van der Waals surface area contributed by atoms with Gasteiger partial charge in [0.05, 0.1) is 0 Å². The second kappa shape index (κ2) is 6.84. The van der Waals surface area contributed by atoms with Crippen LogP contribution in [0.25, 0.3) is 0 Å². The number of anilines is 2. The number of hydrogen-bond acceptors (Lipinski definition) is 4. The smallest absolute Gasteiger partial charge is 0.224 e. The van der Waals surface area contributed by atoms with Crippen molar-refractivity contribution >= 4 is 11.8 Å². The molecule has 0 saturated heterocycles. The average Bonchev–Trinajstić information content (AvgIpc) is 2.47. The van der Waals surface area contributed by atoms with Gasteiger partial charge in [-0.15, -0.1) is 0 Å². The first-order chi connectivity index (χ1) is 9.69. The molecule has 0 bridgehead atoms. The normalized spacial score (nSPS) is 11.9. The van der Waals surface area contributed by atoms with Gasteiger partial charge in [0.25, 0.3) is 0 Å². The molecule has 2 aromatic rings. The second-order valence-corrected chi connectivity index (χ2v) is 4.66. The maximum atomic E-state index is 13.5. The van der Waals surface area contributed by atoms with Crippen LogP contribution in [0.15, 0.2) is 36.5 Å². The quantitative estimate of drug-likeness (QED) is 0.847. The third-order valence-corrected chi connectivity index (χ3v) is 3.06. The minimum absolute atomic E-state index is 0.216. The average molecular weight is 274 g/mol. The predicted molar refractivity (Wildman–Crippen MR) is 79.1 cm³/mol. The Morgan fingerprint density at radius 3 is 2.80 bits per heavy atom. The predicted octanol–water partition coefficient (Wildman–Crippen LogP) is 3.44. The van der Waals surface area contributed by atoms with E-state index >= 15 is 0 Å². The van der Waals surface area contributed by atoms with E-state index in [1.54, 1.807) is 24.4 Å². The van der Waals surface area contributed by atoms with Crippen LogP contribution in [-0.4, -0.2) is 16.0 Å². The molecule has 1 heterocycles. The first kappa shape index (κ1) is 14.2. The van der Waals surface area contributed by atoms with Crippen LogP contribution in [0.3, 0.4) is 0 Å². The highest BCUT2D eigenvalue weighted by molar-refractivity contribution is 5.40. The van der Waals surface area contributed by atoms with Gasteiger partial charge in [-0.1, -0.05) is 25.1 Å². The molecule has 2 rings (SSSR count). The molecule has 20 heavy (non-hydrogen) atoms. The van der Waals surface area contributed by atoms with E-state index in [2.05, 4.69) is 34.4 Å². The summed E-state index contributed by atoms with van der Waals surface area (Å²) < 4.78 is 13.5. The number of hydrogen-bond donors (Lipinski definition) is 2. The molecule has 0 radical (unpaired) electrons. The van der Waals surface area contributed by atoms with Gasteiger partial charge in [-0.05, 0) is 25.5 Å². The highest BCUT2D eigenvalue weighted by Crippen LogP contribution is 2.11. The standard InChI is InChI=1S/C15H19FN4/c1-3-11(2)19-15-17-9-8-14(20-15)18-10-12-6-4-5-7-13(12)16/h4-9,11H,3,10H2,1-2H3,(H2,17,18,19,20). The molecular weight excluding hydrogens is 255 g/mol. The Morgan fingerprint density at radius 2 is 2.05 bits per heavy atom. The lowest BCUT2D eigenvalue weighted by atomic mass is 10.2. The molecular formula is C15H19FN4. The molecule has 1 atom stereocenters. The van der Waals surface area contributed by atoms with Crippen molar-refractivity contribution in [1.82, 2.24) is 9.97 Å². The van der Waals surface area contributed by atoms with Crippen molar-refractivity contribution in [3.8, 4) is 0 Å². The molecule has 0 fully saturated rings. The summed E-state index contributed by atoms with van der Waals surface area (Å²) in [6, 6.07) is 8.78. The van der Waals surface area contributed by atoms with Gasteiger partial charge >= 0.3 is 0 Å². The molecule has 0 aliphatic carbocycles. The molecule has 1 unspecified atom stereocenters. The number of benzene rings is 1. The number of rotatable bonds is 6. The Labute approximate surface area is 118 Å². The van der Waals surface area contributed by atoms with Crippen molar-refractivity contribution in [3.63, 3.8) is 0 Å². The maximum Gasteiger partial charge on any atom is 0.224 e. The SMILES string of the molecule is CCC(C)Nc1nccc(NCc2ccccc2F)n1. The van der Waals surface area contributed by atoms with Crippen LogP contribution in [-0.2, 0) is 6.54 Å². The van der Waals surface area contributed by atoms with Gasteiger partial charge in [-0.2, -0.15) is 4.98 Å². The Hall–Kier alpha value is -2.17. The third kappa shape index (κ3) is 3.91. The summed E-state index contributed by atoms with van der Waals surface area (Å²) in [6.45, 7) is 4.56. The van der Waals surface area contributed by atoms with Gasteiger partial charge < -0.3 is 10.6 Å². The fourth-order valence-electron chi connectivity index (χ4n) is 1.68. The van der Waals surface area contributed by atoms with Gasteiger partial charge in [-0.25, -0.2) is 9.37 Å². The summed E-state index contributed by atoms with van der Waals surface area (Å²) >= 11 is 0. The first-order valence-corrected chi connectivity index (χ1v) is 6.76. The molecule has 0 saturated carbocycles. The summed E-state index contributed by atoms with van der Waals surface area (Å²) in [7, 11) is 0. The van der Waals surface area contributed by atoms with E-state index in [9.17, 15) is 4.39 Å². The van der Waals surface area contributed by atoms with Crippen molar-refractivity contribution < 1.29 is 4.39 Å². The molecule has 4 nitrogen and oxygen atoms in total. The lowest BCUT2D eigenvalue weighted by molar-refractivity contribution is 0.613. The van der Waals surface area contributed by atoms with Crippen molar-refractivity contribution in [2.24, 2.45) is 0 Å². The van der Waals surface area contributed by atoms with Gasteiger partial charge in [0.15, 0.2) is 0 Å². The van der Waals surface area contributed by atoms with Crippen LogP contribution in [0.5, 0.6) is 0 Å². The molecule has 2 N–H and O–H groups in total. The van der Waals surface area contributed by atoms with Crippen molar-refractivity contribution in [3.05, 3.63) is 47.9 Å². The van der Waals surface area contributed by atoms with Crippen LogP contribution in [0.1, 0.15) is 25.8 Å². The number of nitrogens with zero attached hydrogens (tertiary/aromatic N) is 2. The van der Waals surface area contributed by atoms with E-state index in [-0.39, 0.29) is 5.82 Å². The van der Waals surface area contributed by atoms with E-state index < -0.39 is 0 Å². The number of halogens is 1. The van der Waals surface area contributed by atoms with E-state index in [4.69, 9.17) is 0 Å². The topological polar surface area (TPSA) is 49.8 Å². The van der Waals surface area contributed by atoms with E-state index in [1.165, 1.54) is 6.07 Å². The summed E-state index contributed by atoms with van der Waals surface area (Å²) in [6.07, 6.45) is 2.68. The molecule has 1 aromatic carbocycles. The van der Waals surface area contributed by atoms with Crippen LogP contribution >= 0.6 is 0 Å². The Morgan fingerprint density at radius 1 is 1.25 bits per heavy atom. The minimum atomic E-state index is -0.216. The molecule has 0 amide bonds. The highest BCUT2D eigenvalue weighted by atomic mass is 19.1. The number of nitrogens with one attached hydrogen (secondary N) is 2. The van der Waals surface area contributed by atoms with Crippen molar-refractivity contribution in [2.45, 2.75) is 32.9 Å². The molecule has 0 spiro atoms. The minimum Gasteiger partial charge on any atom is -0.366 e. The van der Waals surface area contributed by atoms with E-state index in [1.807, 2.05) is 6.07 Å². The summed E-state index contributed by atoms with van der Waals surface area (Å²) in [5.41, 5.74) is 0.613. The molecule has 1 aromatic heterocycles. The van der Waals surface area contributed by atoms with Gasteiger partial charge in [0.1, 0.15) is 11.6 Å². The Balaban J connectivity index is 2.00. The summed E-state index contributed by atoms with van der Waals surface area (Å²) in [5, 5.41) is 6.31. The number of aromatic nitrogens is 2. The van der Waals surface area contributed by atoms with Crippen LogP contribution in [0.4, 0.5) is 16.2 Å². The third-order valence-electron chi connectivity index (χ3n) is 3.06. The zero-order valence-corrected chi connectivity index (χ0v) is 11.7. The fraction of sp³-hybridized carbons (Fsp3) is 0.333. The van der Waals surface area contributed by atoms with E-state index in [0.29, 0.717) is 29.9 Å². The zero-order valence-electron chi connectivity index (χ0n) is 11.7. The van der Waals surface area contributed by atoms with Gasteiger partial charge in [0, 0.05) is 24.3 Å². The monoisotopic (exact) mass is 274 g/mol. The summed E-state index contributed by atoms with van der Waals surface area (Å²) in [5.74, 6) is 1.04. The Bertz CT molecular complexity index is 559. The lowest BCUT2D eigenvalue weighted by Crippen LogP contribution is -2.16. The Kier molecular flexibility index (Phi) is 4.87. The van der Waals surface area contributed by atoms with Crippen molar-refractivity contribution in [1.29, 1.82) is 0 Å². The molecule has 0 aliphatic rings. The van der Waals surface area contributed by atoms with Crippen LogP contribution in [0.2, 0.25) is 0 Å². The van der Waals surface area contributed by atoms with Crippen LogP contribution in [0, 0.1) is 5.82 Å².